The van der Waals surface area contributed by atoms with Crippen LogP contribution in [-0.4, -0.2) is 80.8 Å². The normalized spacial score (nSPS) is 35.5. The van der Waals surface area contributed by atoms with Gasteiger partial charge in [0.05, 0.1) is 14.8 Å². The van der Waals surface area contributed by atoms with Gasteiger partial charge in [-0.2, -0.15) is 0 Å². The van der Waals surface area contributed by atoms with Crippen molar-refractivity contribution >= 4 is 0 Å². The van der Waals surface area contributed by atoms with Crippen LogP contribution in [0.4, 0.5) is 0 Å². The minimum Gasteiger partial charge on any atom is -0.387 e. The van der Waals surface area contributed by atoms with Gasteiger partial charge in [0.1, 0.15) is 6.10 Å². The predicted molar refractivity (Wildman–Crippen MR) is 71.4 cm³/mol. The molecule has 24 nitrogen and oxygen atoms in total. The molecule has 168 valence electrons. The van der Waals surface area contributed by atoms with E-state index >= 15 is 0 Å². The molecule has 30 heavy (non-hydrogen) atoms. The molecule has 0 aromatic rings. The summed E-state index contributed by atoms with van der Waals surface area (Å²) in [5.41, 5.74) is -15.9. The largest absolute Gasteiger partial charge is 0.552 e. The second-order valence-corrected chi connectivity index (χ2v) is 5.13. The van der Waals surface area contributed by atoms with Gasteiger partial charge in [-0.05, 0) is 0 Å². The van der Waals surface area contributed by atoms with E-state index in [-0.39, 0.29) is 0 Å². The number of aliphatic hydroxyl groups excluding tert-OH is 3. The molecule has 0 heterocycles. The smallest absolute Gasteiger partial charge is 0.387 e. The zero-order chi connectivity index (χ0) is 23.8. The van der Waals surface area contributed by atoms with Crippen LogP contribution in [0.1, 0.15) is 0 Å². The molecule has 6 atom stereocenters. The summed E-state index contributed by atoms with van der Waals surface area (Å²) in [4.78, 5) is 69.7. The van der Waals surface area contributed by atoms with Crippen LogP contribution in [0.3, 0.4) is 0 Å². The molecule has 1 aliphatic rings. The van der Waals surface area contributed by atoms with Gasteiger partial charge in [-0.3, -0.25) is 30.3 Å². The van der Waals surface area contributed by atoms with Crippen LogP contribution in [0.25, 0.3) is 0 Å². The predicted octanol–water partition coefficient (Wildman–Crippen LogP) is -4.37. The topological polar surface area (TPSA) is 347 Å². The number of nitro groups is 3. The van der Waals surface area contributed by atoms with E-state index in [1.165, 1.54) is 0 Å². The standard InChI is InChI=1S/C6H6N6O18/c13-1-2(14)4(7(16)17,28-10(22)23)6(9(20)21,30-12(26)27)5(3(1)15,8(18)19)29-11(24)25/h1-3,13-15H/t1?,2-,3+,4+,5-,6?. The van der Waals surface area contributed by atoms with Crippen molar-refractivity contribution < 1.29 is 59.9 Å². The summed E-state index contributed by atoms with van der Waals surface area (Å²) >= 11 is 0. The molecule has 24 heteroatoms. The maximum Gasteiger partial charge on any atom is 0.552 e. The Bertz CT molecular complexity index is 765. The summed E-state index contributed by atoms with van der Waals surface area (Å²) in [6, 6.07) is 0. The van der Waals surface area contributed by atoms with E-state index in [1.54, 1.807) is 0 Å². The van der Waals surface area contributed by atoms with E-state index in [4.69, 9.17) is 0 Å². The molecule has 0 radical (unpaired) electrons. The Kier molecular flexibility index (Phi) is 5.73. The maximum absolute atomic E-state index is 11.7. The Balaban J connectivity index is 4.41. The lowest BCUT2D eigenvalue weighted by atomic mass is 9.71. The van der Waals surface area contributed by atoms with E-state index in [0.29, 0.717) is 0 Å². The fourth-order valence-corrected chi connectivity index (χ4v) is 2.82. The lowest BCUT2D eigenvalue weighted by molar-refractivity contribution is -0.996. The van der Waals surface area contributed by atoms with Crippen molar-refractivity contribution in [3.8, 4) is 0 Å². The van der Waals surface area contributed by atoms with Gasteiger partial charge in [0.25, 0.3) is 0 Å². The third-order valence-corrected chi connectivity index (χ3v) is 3.85. The van der Waals surface area contributed by atoms with Crippen LogP contribution in [0, 0.1) is 60.7 Å². The summed E-state index contributed by atoms with van der Waals surface area (Å²) in [6.45, 7) is 0. The molecule has 0 aromatic carbocycles. The Morgan fingerprint density at radius 3 is 1.07 bits per heavy atom. The molecule has 0 aromatic heterocycles. The first-order valence-corrected chi connectivity index (χ1v) is 6.54. The first-order chi connectivity index (χ1) is 13.6. The second kappa shape index (κ2) is 7.25. The highest BCUT2D eigenvalue weighted by molar-refractivity contribution is 5.13. The quantitative estimate of drug-likeness (QED) is 0.169. The van der Waals surface area contributed by atoms with Gasteiger partial charge < -0.3 is 15.3 Å². The van der Waals surface area contributed by atoms with Gasteiger partial charge in [-0.25, -0.2) is 14.5 Å². The molecular formula is C6H6N6O18. The van der Waals surface area contributed by atoms with Crippen LogP contribution in [0.15, 0.2) is 0 Å². The van der Waals surface area contributed by atoms with Gasteiger partial charge in [0, 0.05) is 0 Å². The highest BCUT2D eigenvalue weighted by Gasteiger charge is 3.02. The monoisotopic (exact) mass is 450 g/mol. The first kappa shape index (κ1) is 23.7. The van der Waals surface area contributed by atoms with E-state index in [2.05, 4.69) is 14.5 Å². The number of nitrogens with zero attached hydrogens (tertiary/aromatic N) is 6. The average Bonchev–Trinajstić information content (AvgIpc) is 2.58. The van der Waals surface area contributed by atoms with E-state index in [0.717, 1.165) is 0 Å². The SMILES string of the molecule is O=[N+]([O-])OC1([N+](=O)[O-])[C@](O[N+](=O)[O-])([N+](=O)[O-])[C@H](O)C(O)[C@H](O)[C@]1(O[N+](=O)[O-])[N+](=O)[O-]. The van der Waals surface area contributed by atoms with Crippen LogP contribution < -0.4 is 0 Å². The van der Waals surface area contributed by atoms with Gasteiger partial charge in [-0.15, -0.1) is 30.3 Å². The number of hydrogen-bond acceptors (Lipinski definition) is 18. The zero-order valence-corrected chi connectivity index (χ0v) is 13.4. The van der Waals surface area contributed by atoms with Crippen LogP contribution in [0.5, 0.6) is 0 Å². The fraction of sp³-hybridized carbons (Fsp3) is 1.00. The molecule has 2 unspecified atom stereocenters. The van der Waals surface area contributed by atoms with Crippen LogP contribution >= 0.6 is 0 Å². The number of aliphatic hydroxyl groups is 3. The van der Waals surface area contributed by atoms with E-state index in [9.17, 15) is 76.0 Å². The van der Waals surface area contributed by atoms with E-state index in [1.807, 2.05) is 0 Å². The van der Waals surface area contributed by atoms with Crippen molar-refractivity contribution in [1.29, 1.82) is 0 Å². The Morgan fingerprint density at radius 2 is 0.867 bits per heavy atom. The van der Waals surface area contributed by atoms with Gasteiger partial charge in [0.15, 0.2) is 12.2 Å². The second-order valence-electron chi connectivity index (χ2n) is 5.13. The van der Waals surface area contributed by atoms with Crippen LogP contribution in [-0.2, 0) is 14.5 Å². The fourth-order valence-electron chi connectivity index (χ4n) is 2.82. The van der Waals surface area contributed by atoms with Gasteiger partial charge >= 0.3 is 32.4 Å². The number of rotatable bonds is 9. The molecule has 1 aliphatic carbocycles. The minimum absolute atomic E-state index is 2.32. The first-order valence-electron chi connectivity index (χ1n) is 6.54. The Hall–Kier alpha value is -4.32. The Morgan fingerprint density at radius 1 is 0.567 bits per heavy atom. The summed E-state index contributed by atoms with van der Waals surface area (Å²) in [7, 11) is 0. The van der Waals surface area contributed by atoms with Gasteiger partial charge in [0.2, 0.25) is 0 Å². The summed E-state index contributed by atoms with van der Waals surface area (Å²) in [6.07, 6.45) is -11.0. The van der Waals surface area contributed by atoms with Crippen molar-refractivity contribution in [2.45, 2.75) is 35.5 Å². The number of hydrogen-bond donors (Lipinski definition) is 3. The molecule has 0 saturated heterocycles. The molecule has 0 aliphatic heterocycles. The van der Waals surface area contributed by atoms with Crippen LogP contribution in [0.2, 0.25) is 0 Å². The lowest BCUT2D eigenvalue weighted by Crippen LogP contribution is -2.91. The third-order valence-electron chi connectivity index (χ3n) is 3.85. The summed E-state index contributed by atoms with van der Waals surface area (Å²) in [5, 5.41) is 89.5. The van der Waals surface area contributed by atoms with Crippen molar-refractivity contribution in [2.75, 3.05) is 0 Å². The van der Waals surface area contributed by atoms with Crippen molar-refractivity contribution in [2.24, 2.45) is 0 Å². The third kappa shape index (κ3) is 2.74. The van der Waals surface area contributed by atoms with E-state index < -0.39 is 65.5 Å². The molecule has 1 rings (SSSR count). The Labute approximate surface area is 157 Å². The molecular weight excluding hydrogens is 444 g/mol. The van der Waals surface area contributed by atoms with Crippen molar-refractivity contribution in [1.82, 2.24) is 0 Å². The van der Waals surface area contributed by atoms with Crippen molar-refractivity contribution in [3.63, 3.8) is 0 Å². The molecule has 1 saturated carbocycles. The average molecular weight is 450 g/mol. The zero-order valence-electron chi connectivity index (χ0n) is 13.4. The van der Waals surface area contributed by atoms with Crippen molar-refractivity contribution in [3.05, 3.63) is 60.7 Å². The minimum atomic E-state index is -5.51. The van der Waals surface area contributed by atoms with Gasteiger partial charge in [-0.1, -0.05) is 0 Å². The highest BCUT2D eigenvalue weighted by Crippen LogP contribution is 2.52. The molecule has 3 N–H and O–H groups in total. The molecule has 0 amide bonds. The molecule has 0 bridgehead atoms. The maximum atomic E-state index is 11.7. The molecule has 0 spiro atoms. The summed E-state index contributed by atoms with van der Waals surface area (Å²) in [5.74, 6) is 0. The lowest BCUT2D eigenvalue weighted by Gasteiger charge is -2.46. The highest BCUT2D eigenvalue weighted by atomic mass is 17.0. The molecule has 1 fully saturated rings. The summed E-state index contributed by atoms with van der Waals surface area (Å²) < 4.78 is 0.